The van der Waals surface area contributed by atoms with Gasteiger partial charge in [0.1, 0.15) is 0 Å². The zero-order chi connectivity index (χ0) is 27.8. The molecule has 0 aromatic carbocycles. The SMILES string of the molecule is C[C@H](C(CCC(C)(C)O)OP(=O)(O)O)[C@H]1CCC2(O)C3=CC(=O)[C@@H]4C[C@@H](O)[C@@H](O)C[C@]4(C)[C@H]3CC[C@]12C. The van der Waals surface area contributed by atoms with Crippen molar-refractivity contribution in [3.63, 3.8) is 0 Å². The molecule has 4 rings (SSSR count). The van der Waals surface area contributed by atoms with E-state index < -0.39 is 54.1 Å². The average Bonchev–Trinajstić information content (AvgIpc) is 3.03. The van der Waals surface area contributed by atoms with Gasteiger partial charge >= 0.3 is 7.82 Å². The Kier molecular flexibility index (Phi) is 7.52. The van der Waals surface area contributed by atoms with Crippen LogP contribution in [0.2, 0.25) is 0 Å². The topological polar surface area (TPSA) is 165 Å². The van der Waals surface area contributed by atoms with E-state index >= 15 is 0 Å². The number of hydrogen-bond donors (Lipinski definition) is 6. The second-order valence-electron chi connectivity index (χ2n) is 13.5. The zero-order valence-electron chi connectivity index (χ0n) is 22.6. The molecule has 9 nitrogen and oxygen atoms in total. The summed E-state index contributed by atoms with van der Waals surface area (Å²) in [5.74, 6) is -1.05. The Morgan fingerprint density at radius 1 is 1.14 bits per heavy atom. The van der Waals surface area contributed by atoms with Crippen molar-refractivity contribution in [1.29, 1.82) is 0 Å². The van der Waals surface area contributed by atoms with E-state index in [4.69, 9.17) is 4.52 Å². The minimum Gasteiger partial charge on any atom is -0.390 e. The van der Waals surface area contributed by atoms with Gasteiger partial charge in [0.15, 0.2) is 5.78 Å². The molecule has 0 bridgehead atoms. The molecule has 0 aromatic heterocycles. The summed E-state index contributed by atoms with van der Waals surface area (Å²) in [6, 6.07) is 0. The van der Waals surface area contributed by atoms with Gasteiger partial charge in [-0.15, -0.1) is 0 Å². The summed E-state index contributed by atoms with van der Waals surface area (Å²) in [5.41, 5.74) is -2.77. The molecule has 6 N–H and O–H groups in total. The molecule has 0 spiro atoms. The summed E-state index contributed by atoms with van der Waals surface area (Å²) >= 11 is 0. The molecule has 4 aliphatic carbocycles. The van der Waals surface area contributed by atoms with E-state index in [1.54, 1.807) is 19.9 Å². The lowest BCUT2D eigenvalue weighted by Crippen LogP contribution is -2.61. The Morgan fingerprint density at radius 3 is 2.38 bits per heavy atom. The van der Waals surface area contributed by atoms with Crippen LogP contribution in [-0.2, 0) is 13.9 Å². The maximum absolute atomic E-state index is 13.3. The van der Waals surface area contributed by atoms with E-state index in [0.29, 0.717) is 44.1 Å². The summed E-state index contributed by atoms with van der Waals surface area (Å²) in [4.78, 5) is 32.5. The van der Waals surface area contributed by atoms with E-state index in [2.05, 4.69) is 0 Å². The first-order valence-corrected chi connectivity index (χ1v) is 15.2. The van der Waals surface area contributed by atoms with Crippen LogP contribution >= 0.6 is 7.82 Å². The van der Waals surface area contributed by atoms with Crippen molar-refractivity contribution < 1.29 is 44.1 Å². The number of aliphatic hydroxyl groups excluding tert-OH is 2. The van der Waals surface area contributed by atoms with Crippen LogP contribution in [0.1, 0.15) is 86.0 Å². The molecule has 0 saturated heterocycles. The van der Waals surface area contributed by atoms with Crippen LogP contribution < -0.4 is 0 Å². The highest BCUT2D eigenvalue weighted by molar-refractivity contribution is 7.46. The lowest BCUT2D eigenvalue weighted by atomic mass is 9.46. The molecule has 0 aliphatic heterocycles. The van der Waals surface area contributed by atoms with Crippen LogP contribution in [0.25, 0.3) is 0 Å². The third-order valence-corrected chi connectivity index (χ3v) is 11.3. The maximum atomic E-state index is 13.3. The van der Waals surface area contributed by atoms with Crippen LogP contribution in [0.5, 0.6) is 0 Å². The minimum atomic E-state index is -4.79. The second kappa shape index (κ2) is 9.48. The van der Waals surface area contributed by atoms with Crippen LogP contribution in [0.4, 0.5) is 0 Å². The lowest BCUT2D eigenvalue weighted by molar-refractivity contribution is -0.154. The van der Waals surface area contributed by atoms with Gasteiger partial charge < -0.3 is 30.2 Å². The van der Waals surface area contributed by atoms with Crippen LogP contribution in [0.15, 0.2) is 11.6 Å². The van der Waals surface area contributed by atoms with Gasteiger partial charge in [0.05, 0.1) is 29.5 Å². The van der Waals surface area contributed by atoms with E-state index in [1.165, 1.54) is 0 Å². The predicted octanol–water partition coefficient (Wildman–Crippen LogP) is 2.86. The van der Waals surface area contributed by atoms with Crippen molar-refractivity contribution in [3.05, 3.63) is 11.6 Å². The maximum Gasteiger partial charge on any atom is 0.469 e. The first kappa shape index (κ1) is 29.3. The van der Waals surface area contributed by atoms with Crippen LogP contribution in [0.3, 0.4) is 0 Å². The molecule has 4 aliphatic rings. The Hall–Kier alpha value is -0.640. The van der Waals surface area contributed by atoms with E-state index in [0.717, 1.165) is 0 Å². The number of hydrogen-bond acceptors (Lipinski definition) is 7. The standard InChI is InChI=1S/C27H45O9P/c1-15(23(36-37(33,34)35)8-9-24(2,3)31)16-7-11-27(32)18-12-20(28)19-13-21(29)22(30)14-25(19,4)17(18)6-10-26(16,27)5/h12,15-17,19,21-23,29-32H,6-11,13-14H2,1-5H3,(H2,33,34,35)/t15-,16+,17-,19-,21+,22-,23?,25+,26+,27?/m0/s1. The molecule has 212 valence electrons. The predicted molar refractivity (Wildman–Crippen MR) is 136 cm³/mol. The third kappa shape index (κ3) is 5.04. The molecule has 2 unspecified atom stereocenters. The Morgan fingerprint density at radius 2 is 1.78 bits per heavy atom. The largest absolute Gasteiger partial charge is 0.469 e. The van der Waals surface area contributed by atoms with Crippen molar-refractivity contribution in [2.45, 2.75) is 115 Å². The number of allylic oxidation sites excluding steroid dienone is 1. The molecule has 3 saturated carbocycles. The van der Waals surface area contributed by atoms with Crippen molar-refractivity contribution in [3.8, 4) is 0 Å². The normalized spacial score (nSPS) is 43.9. The van der Waals surface area contributed by atoms with Gasteiger partial charge in [-0.2, -0.15) is 0 Å². The highest BCUT2D eigenvalue weighted by atomic mass is 31.2. The summed E-state index contributed by atoms with van der Waals surface area (Å²) in [6.45, 7) is 9.20. The van der Waals surface area contributed by atoms with E-state index in [9.17, 15) is 39.6 Å². The Bertz CT molecular complexity index is 985. The highest BCUT2D eigenvalue weighted by Gasteiger charge is 2.67. The highest BCUT2D eigenvalue weighted by Crippen LogP contribution is 2.68. The first-order chi connectivity index (χ1) is 16.8. The number of fused-ring (bicyclic) bond motifs is 5. The summed E-state index contributed by atoms with van der Waals surface area (Å²) in [5, 5.41) is 43.3. The number of phosphoric ester groups is 1. The molecular formula is C27H45O9P. The molecule has 0 heterocycles. The fourth-order valence-electron chi connectivity index (χ4n) is 8.60. The summed E-state index contributed by atoms with van der Waals surface area (Å²) < 4.78 is 17.1. The summed E-state index contributed by atoms with van der Waals surface area (Å²) in [6.07, 6.45) is 2.42. The van der Waals surface area contributed by atoms with Crippen LogP contribution in [-0.4, -0.2) is 65.5 Å². The van der Waals surface area contributed by atoms with Gasteiger partial charge in [0.25, 0.3) is 0 Å². The average molecular weight is 545 g/mol. The number of aliphatic hydroxyl groups is 4. The molecule has 37 heavy (non-hydrogen) atoms. The Balaban J connectivity index is 1.66. The molecule has 0 amide bonds. The molecular weight excluding hydrogens is 499 g/mol. The van der Waals surface area contributed by atoms with Crippen LogP contribution in [0, 0.1) is 34.5 Å². The molecule has 10 heteroatoms. The van der Waals surface area contributed by atoms with E-state index in [1.807, 2.05) is 20.8 Å². The van der Waals surface area contributed by atoms with Gasteiger partial charge in [-0.3, -0.25) is 9.32 Å². The fourth-order valence-corrected chi connectivity index (χ4v) is 9.25. The molecule has 0 radical (unpaired) electrons. The smallest absolute Gasteiger partial charge is 0.390 e. The number of rotatable bonds is 7. The Labute approximate surface area is 219 Å². The van der Waals surface area contributed by atoms with Gasteiger partial charge in [0, 0.05) is 11.3 Å². The first-order valence-electron chi connectivity index (χ1n) is 13.6. The monoisotopic (exact) mass is 544 g/mol. The number of phosphoric acid groups is 1. The summed E-state index contributed by atoms with van der Waals surface area (Å²) in [7, 11) is -4.79. The van der Waals surface area contributed by atoms with Crippen molar-refractivity contribution in [2.75, 3.05) is 0 Å². The second-order valence-corrected chi connectivity index (χ2v) is 14.7. The number of carbonyl (C=O) groups is 1. The van der Waals surface area contributed by atoms with Crippen molar-refractivity contribution >= 4 is 13.6 Å². The van der Waals surface area contributed by atoms with Gasteiger partial charge in [0.2, 0.25) is 0 Å². The zero-order valence-corrected chi connectivity index (χ0v) is 23.5. The number of ketones is 1. The van der Waals surface area contributed by atoms with Crippen molar-refractivity contribution in [2.24, 2.45) is 34.5 Å². The van der Waals surface area contributed by atoms with Gasteiger partial charge in [-0.25, -0.2) is 4.57 Å². The number of carbonyl (C=O) groups excluding carboxylic acids is 1. The lowest BCUT2D eigenvalue weighted by Gasteiger charge is -2.60. The third-order valence-electron chi connectivity index (χ3n) is 10.7. The fraction of sp³-hybridized carbons (Fsp3) is 0.889. The van der Waals surface area contributed by atoms with E-state index in [-0.39, 0.29) is 36.4 Å². The minimum absolute atomic E-state index is 0.0955. The molecule has 10 atom stereocenters. The quantitative estimate of drug-likeness (QED) is 0.264. The van der Waals surface area contributed by atoms with Gasteiger partial charge in [-0.05, 0) is 100 Å². The molecule has 3 fully saturated rings. The van der Waals surface area contributed by atoms with Gasteiger partial charge in [-0.1, -0.05) is 20.8 Å². The van der Waals surface area contributed by atoms with Crippen molar-refractivity contribution in [1.82, 2.24) is 0 Å². The molecule has 0 aromatic rings.